The van der Waals surface area contributed by atoms with Crippen molar-refractivity contribution in [3.05, 3.63) is 29.8 Å². The average molecular weight is 277 g/mol. The third-order valence-electron chi connectivity index (χ3n) is 3.23. The van der Waals surface area contributed by atoms with E-state index >= 15 is 0 Å². The molecule has 1 aliphatic rings. The Bertz CT molecular complexity index is 481. The van der Waals surface area contributed by atoms with E-state index in [2.05, 4.69) is 4.90 Å². The summed E-state index contributed by atoms with van der Waals surface area (Å²) in [4.78, 5) is 26.4. The average Bonchev–Trinajstić information content (AvgIpc) is 2.47. The molecule has 2 rings (SSSR count). The normalized spacial score (nSPS) is 14.9. The van der Waals surface area contributed by atoms with Gasteiger partial charge in [0.25, 0.3) is 5.91 Å². The van der Waals surface area contributed by atoms with Crippen LogP contribution in [0.3, 0.4) is 0 Å². The molecule has 2 amide bonds. The molecule has 0 radical (unpaired) electrons. The lowest BCUT2D eigenvalue weighted by atomic mass is 10.1. The van der Waals surface area contributed by atoms with Gasteiger partial charge in [0, 0.05) is 31.4 Å². The van der Waals surface area contributed by atoms with Crippen molar-refractivity contribution in [1.82, 2.24) is 4.90 Å². The minimum absolute atomic E-state index is 0.0793. The van der Waals surface area contributed by atoms with Gasteiger partial charge in [-0.3, -0.25) is 9.59 Å². The Labute approximate surface area is 118 Å². The number of carbonyl (C=O) groups is 2. The van der Waals surface area contributed by atoms with Crippen LogP contribution in [0.2, 0.25) is 0 Å². The number of anilines is 1. The first kappa shape index (κ1) is 14.3. The summed E-state index contributed by atoms with van der Waals surface area (Å²) in [6, 6.07) is 7.36. The molecule has 0 spiro atoms. The number of carbonyl (C=O) groups excluding carboxylic acids is 2. The molecule has 1 fully saturated rings. The molecular formula is C14H19N3O3. The second-order valence-corrected chi connectivity index (χ2v) is 4.77. The van der Waals surface area contributed by atoms with E-state index in [9.17, 15) is 9.59 Å². The monoisotopic (exact) mass is 277 g/mol. The van der Waals surface area contributed by atoms with E-state index in [4.69, 9.17) is 10.5 Å². The summed E-state index contributed by atoms with van der Waals surface area (Å²) < 4.78 is 5.31. The molecule has 1 aromatic rings. The topological polar surface area (TPSA) is 75.9 Å². The van der Waals surface area contributed by atoms with Gasteiger partial charge in [-0.15, -0.1) is 0 Å². The van der Waals surface area contributed by atoms with Gasteiger partial charge in [0.05, 0.1) is 19.8 Å². The van der Waals surface area contributed by atoms with Crippen molar-refractivity contribution in [3.8, 4) is 0 Å². The smallest absolute Gasteiger partial charge is 0.254 e. The highest BCUT2D eigenvalue weighted by Gasteiger charge is 2.15. The zero-order valence-corrected chi connectivity index (χ0v) is 11.5. The molecule has 1 aromatic carbocycles. The molecule has 1 saturated heterocycles. The standard InChI is InChI=1S/C14H19N3O3/c1-16(10-13(15)18)14(19)11-2-4-12(5-3-11)17-6-8-20-9-7-17/h2-5H,6-10H2,1H3,(H2,15,18). The van der Waals surface area contributed by atoms with Crippen LogP contribution in [0.1, 0.15) is 10.4 Å². The summed E-state index contributed by atoms with van der Waals surface area (Å²) in [5.74, 6) is -0.733. The molecule has 108 valence electrons. The number of hydrogen-bond acceptors (Lipinski definition) is 4. The lowest BCUT2D eigenvalue weighted by molar-refractivity contribution is -0.118. The molecule has 1 aliphatic heterocycles. The quantitative estimate of drug-likeness (QED) is 0.845. The van der Waals surface area contributed by atoms with E-state index in [0.717, 1.165) is 32.0 Å². The summed E-state index contributed by atoms with van der Waals surface area (Å²) in [6.07, 6.45) is 0. The van der Waals surface area contributed by atoms with Gasteiger partial charge < -0.3 is 20.3 Å². The third kappa shape index (κ3) is 3.48. The maximum absolute atomic E-state index is 12.1. The lowest BCUT2D eigenvalue weighted by Gasteiger charge is -2.29. The minimum Gasteiger partial charge on any atom is -0.378 e. The van der Waals surface area contributed by atoms with Crippen LogP contribution in [0.25, 0.3) is 0 Å². The second-order valence-electron chi connectivity index (χ2n) is 4.77. The first-order valence-corrected chi connectivity index (χ1v) is 6.54. The van der Waals surface area contributed by atoms with Crippen LogP contribution in [0, 0.1) is 0 Å². The zero-order valence-electron chi connectivity index (χ0n) is 11.5. The predicted octanol–water partition coefficient (Wildman–Crippen LogP) is 0.0805. The maximum atomic E-state index is 12.1. The fourth-order valence-electron chi connectivity index (χ4n) is 2.16. The number of nitrogens with zero attached hydrogens (tertiary/aromatic N) is 2. The first-order valence-electron chi connectivity index (χ1n) is 6.54. The summed E-state index contributed by atoms with van der Waals surface area (Å²) >= 11 is 0. The molecule has 0 aromatic heterocycles. The zero-order chi connectivity index (χ0) is 14.5. The van der Waals surface area contributed by atoms with Crippen LogP contribution in [0.4, 0.5) is 5.69 Å². The lowest BCUT2D eigenvalue weighted by Crippen LogP contribution is -2.36. The number of rotatable bonds is 4. The third-order valence-corrected chi connectivity index (χ3v) is 3.23. The molecule has 1 heterocycles. The molecule has 20 heavy (non-hydrogen) atoms. The van der Waals surface area contributed by atoms with Crippen molar-refractivity contribution in [1.29, 1.82) is 0 Å². The molecule has 6 nitrogen and oxygen atoms in total. The highest BCUT2D eigenvalue weighted by atomic mass is 16.5. The molecule has 0 saturated carbocycles. The van der Waals surface area contributed by atoms with Crippen molar-refractivity contribution in [2.75, 3.05) is 44.8 Å². The van der Waals surface area contributed by atoms with Gasteiger partial charge in [-0.2, -0.15) is 0 Å². The summed E-state index contributed by atoms with van der Waals surface area (Å²) in [6.45, 7) is 3.08. The van der Waals surface area contributed by atoms with E-state index in [0.29, 0.717) is 5.56 Å². The van der Waals surface area contributed by atoms with Gasteiger partial charge in [0.1, 0.15) is 0 Å². The summed E-state index contributed by atoms with van der Waals surface area (Å²) in [7, 11) is 1.56. The van der Waals surface area contributed by atoms with Gasteiger partial charge >= 0.3 is 0 Å². The maximum Gasteiger partial charge on any atom is 0.254 e. The van der Waals surface area contributed by atoms with E-state index in [-0.39, 0.29) is 12.5 Å². The molecule has 2 N–H and O–H groups in total. The number of amides is 2. The van der Waals surface area contributed by atoms with Crippen LogP contribution < -0.4 is 10.6 Å². The molecule has 6 heteroatoms. The molecule has 0 bridgehead atoms. The molecular weight excluding hydrogens is 258 g/mol. The van der Waals surface area contributed by atoms with Crippen LogP contribution in [0.5, 0.6) is 0 Å². The molecule has 0 aliphatic carbocycles. The molecule has 0 unspecified atom stereocenters. The van der Waals surface area contributed by atoms with Gasteiger partial charge in [-0.1, -0.05) is 0 Å². The second kappa shape index (κ2) is 6.38. The van der Waals surface area contributed by atoms with Crippen molar-refractivity contribution in [3.63, 3.8) is 0 Å². The number of primary amides is 1. The Morgan fingerprint density at radius 1 is 1.25 bits per heavy atom. The van der Waals surface area contributed by atoms with Crippen LogP contribution >= 0.6 is 0 Å². The van der Waals surface area contributed by atoms with E-state index < -0.39 is 5.91 Å². The number of ether oxygens (including phenoxy) is 1. The highest BCUT2D eigenvalue weighted by molar-refractivity contribution is 5.96. The number of likely N-dealkylation sites (N-methyl/N-ethyl adjacent to an activating group) is 1. The summed E-state index contributed by atoms with van der Waals surface area (Å²) in [5.41, 5.74) is 6.70. The Morgan fingerprint density at radius 2 is 1.85 bits per heavy atom. The van der Waals surface area contributed by atoms with Crippen LogP contribution in [-0.4, -0.2) is 56.6 Å². The number of nitrogens with two attached hydrogens (primary N) is 1. The fraction of sp³-hybridized carbons (Fsp3) is 0.429. The fourth-order valence-corrected chi connectivity index (χ4v) is 2.16. The van der Waals surface area contributed by atoms with Crippen molar-refractivity contribution >= 4 is 17.5 Å². The Kier molecular flexibility index (Phi) is 4.57. The summed E-state index contributed by atoms with van der Waals surface area (Å²) in [5, 5.41) is 0. The Balaban J connectivity index is 2.03. The van der Waals surface area contributed by atoms with Crippen molar-refractivity contribution in [2.24, 2.45) is 5.73 Å². The number of benzene rings is 1. The van der Waals surface area contributed by atoms with Crippen molar-refractivity contribution < 1.29 is 14.3 Å². The van der Waals surface area contributed by atoms with Crippen LogP contribution in [-0.2, 0) is 9.53 Å². The Hall–Kier alpha value is -2.08. The first-order chi connectivity index (χ1) is 9.58. The van der Waals surface area contributed by atoms with Gasteiger partial charge in [-0.25, -0.2) is 0 Å². The van der Waals surface area contributed by atoms with E-state index in [1.54, 1.807) is 19.2 Å². The minimum atomic E-state index is -0.522. The largest absolute Gasteiger partial charge is 0.378 e. The van der Waals surface area contributed by atoms with Crippen molar-refractivity contribution in [2.45, 2.75) is 0 Å². The Morgan fingerprint density at radius 3 is 2.40 bits per heavy atom. The number of hydrogen-bond donors (Lipinski definition) is 1. The van der Waals surface area contributed by atoms with Crippen LogP contribution in [0.15, 0.2) is 24.3 Å². The van der Waals surface area contributed by atoms with E-state index in [1.807, 2.05) is 12.1 Å². The SMILES string of the molecule is CN(CC(N)=O)C(=O)c1ccc(N2CCOCC2)cc1. The van der Waals surface area contributed by atoms with Gasteiger partial charge in [0.15, 0.2) is 0 Å². The molecule has 0 atom stereocenters. The highest BCUT2D eigenvalue weighted by Crippen LogP contribution is 2.17. The van der Waals surface area contributed by atoms with Gasteiger partial charge in [-0.05, 0) is 24.3 Å². The van der Waals surface area contributed by atoms with E-state index in [1.165, 1.54) is 4.90 Å². The van der Waals surface area contributed by atoms with Gasteiger partial charge in [0.2, 0.25) is 5.91 Å². The number of morpholine rings is 1. The predicted molar refractivity (Wildman–Crippen MR) is 75.6 cm³/mol.